The lowest BCUT2D eigenvalue weighted by atomic mass is 9.69. The highest BCUT2D eigenvalue weighted by molar-refractivity contribution is 5.92. The first-order valence-corrected chi connectivity index (χ1v) is 8.74. The van der Waals surface area contributed by atoms with E-state index in [0.717, 1.165) is 44.3 Å². The summed E-state index contributed by atoms with van der Waals surface area (Å²) in [4.78, 5) is 17.0. The fourth-order valence-corrected chi connectivity index (χ4v) is 4.23. The van der Waals surface area contributed by atoms with Crippen LogP contribution in [-0.2, 0) is 6.42 Å². The second-order valence-corrected chi connectivity index (χ2v) is 7.15. The normalized spacial score (nSPS) is 28.7. The largest absolute Gasteiger partial charge is 0.396 e. The van der Waals surface area contributed by atoms with Gasteiger partial charge in [0.2, 0.25) is 0 Å². The number of aliphatic hydroxyl groups is 1. The van der Waals surface area contributed by atoms with Gasteiger partial charge in [0.25, 0.3) is 5.91 Å². The van der Waals surface area contributed by atoms with E-state index >= 15 is 0 Å². The van der Waals surface area contributed by atoms with Gasteiger partial charge in [0, 0.05) is 30.2 Å². The van der Waals surface area contributed by atoms with Gasteiger partial charge in [0.05, 0.1) is 6.61 Å². The standard InChI is InChI=1S/C17H28N4O2/c1-3-5-13-10-14(19-18-13)16(23)21-9-7-17(12-22)6-4-8-20(2)15(17)11-21/h10,15,22H,3-9,11-12H2,1-2H3,(H,18,19)/t15-,17-/m1/s1. The Morgan fingerprint density at radius 1 is 1.48 bits per heavy atom. The number of aliphatic hydroxyl groups excluding tert-OH is 1. The molecule has 3 heterocycles. The lowest BCUT2D eigenvalue weighted by Gasteiger charge is -2.53. The molecule has 0 aliphatic carbocycles. The highest BCUT2D eigenvalue weighted by atomic mass is 16.3. The van der Waals surface area contributed by atoms with Gasteiger partial charge < -0.3 is 14.9 Å². The van der Waals surface area contributed by atoms with E-state index in [4.69, 9.17) is 0 Å². The number of H-pyrrole nitrogens is 1. The minimum atomic E-state index is -0.0390. The van der Waals surface area contributed by atoms with Gasteiger partial charge in [-0.25, -0.2) is 0 Å². The van der Waals surface area contributed by atoms with Crippen LogP contribution in [-0.4, -0.2) is 70.3 Å². The molecule has 2 saturated heterocycles. The molecule has 1 aromatic heterocycles. The Bertz CT molecular complexity index is 559. The number of fused-ring (bicyclic) bond motifs is 1. The number of nitrogens with one attached hydrogen (secondary N) is 1. The van der Waals surface area contributed by atoms with Crippen LogP contribution in [0.25, 0.3) is 0 Å². The van der Waals surface area contributed by atoms with E-state index in [1.54, 1.807) is 0 Å². The SMILES string of the molecule is CCCc1cc(C(=O)N2CC[C@@]3(CO)CCCN(C)[C@@H]3C2)n[nH]1. The van der Waals surface area contributed by atoms with E-state index in [0.29, 0.717) is 18.8 Å². The van der Waals surface area contributed by atoms with E-state index in [-0.39, 0.29) is 24.0 Å². The number of amides is 1. The van der Waals surface area contributed by atoms with Gasteiger partial charge in [-0.05, 0) is 45.3 Å². The molecule has 0 bridgehead atoms. The Morgan fingerprint density at radius 2 is 2.30 bits per heavy atom. The number of likely N-dealkylation sites (tertiary alicyclic amines) is 2. The van der Waals surface area contributed by atoms with E-state index < -0.39 is 0 Å². The third-order valence-corrected chi connectivity index (χ3v) is 5.67. The van der Waals surface area contributed by atoms with Crippen molar-refractivity contribution in [2.75, 3.05) is 33.3 Å². The number of piperidine rings is 2. The summed E-state index contributed by atoms with van der Waals surface area (Å²) >= 11 is 0. The summed E-state index contributed by atoms with van der Waals surface area (Å²) in [5.41, 5.74) is 1.50. The van der Waals surface area contributed by atoms with Crippen molar-refractivity contribution in [3.05, 3.63) is 17.5 Å². The van der Waals surface area contributed by atoms with Crippen LogP contribution in [0.3, 0.4) is 0 Å². The molecule has 1 amide bonds. The zero-order valence-corrected chi connectivity index (χ0v) is 14.2. The molecule has 128 valence electrons. The van der Waals surface area contributed by atoms with Crippen LogP contribution in [0.4, 0.5) is 0 Å². The van der Waals surface area contributed by atoms with Crippen molar-refractivity contribution < 1.29 is 9.90 Å². The maximum Gasteiger partial charge on any atom is 0.274 e. The Balaban J connectivity index is 1.73. The predicted molar refractivity (Wildman–Crippen MR) is 88.3 cm³/mol. The summed E-state index contributed by atoms with van der Waals surface area (Å²) in [5.74, 6) is 0.00844. The summed E-state index contributed by atoms with van der Waals surface area (Å²) in [5, 5.41) is 17.1. The number of hydrogen-bond donors (Lipinski definition) is 2. The molecule has 2 fully saturated rings. The minimum absolute atomic E-state index is 0.00844. The maximum atomic E-state index is 12.8. The van der Waals surface area contributed by atoms with Crippen molar-refractivity contribution in [3.8, 4) is 0 Å². The lowest BCUT2D eigenvalue weighted by Crippen LogP contribution is -2.62. The topological polar surface area (TPSA) is 72.5 Å². The van der Waals surface area contributed by atoms with Crippen molar-refractivity contribution in [3.63, 3.8) is 0 Å². The molecule has 1 aromatic rings. The van der Waals surface area contributed by atoms with Crippen LogP contribution < -0.4 is 0 Å². The van der Waals surface area contributed by atoms with Crippen molar-refractivity contribution in [1.82, 2.24) is 20.0 Å². The highest BCUT2D eigenvalue weighted by Crippen LogP contribution is 2.41. The average molecular weight is 320 g/mol. The maximum absolute atomic E-state index is 12.8. The van der Waals surface area contributed by atoms with Gasteiger partial charge in [-0.15, -0.1) is 0 Å². The smallest absolute Gasteiger partial charge is 0.274 e. The third-order valence-electron chi connectivity index (χ3n) is 5.67. The Labute approximate surface area is 137 Å². The molecule has 23 heavy (non-hydrogen) atoms. The molecule has 2 aliphatic rings. The van der Waals surface area contributed by atoms with Crippen molar-refractivity contribution >= 4 is 5.91 Å². The molecule has 2 atom stereocenters. The van der Waals surface area contributed by atoms with E-state index in [1.807, 2.05) is 11.0 Å². The monoisotopic (exact) mass is 320 g/mol. The third kappa shape index (κ3) is 3.02. The fraction of sp³-hybridized carbons (Fsp3) is 0.765. The molecule has 6 nitrogen and oxygen atoms in total. The first kappa shape index (κ1) is 16.5. The number of hydrogen-bond acceptors (Lipinski definition) is 4. The number of nitrogens with zero attached hydrogens (tertiary/aromatic N) is 3. The summed E-state index contributed by atoms with van der Waals surface area (Å²) in [6, 6.07) is 2.12. The number of aryl methyl sites for hydroxylation is 1. The number of aromatic amines is 1. The number of aromatic nitrogens is 2. The molecule has 0 radical (unpaired) electrons. The van der Waals surface area contributed by atoms with E-state index in [1.165, 1.54) is 0 Å². The van der Waals surface area contributed by atoms with Crippen molar-refractivity contribution in [2.24, 2.45) is 5.41 Å². The molecule has 0 spiro atoms. The number of carbonyl (C=O) groups is 1. The lowest BCUT2D eigenvalue weighted by molar-refractivity contribution is -0.0602. The predicted octanol–water partition coefficient (Wildman–Crippen LogP) is 1.28. The minimum Gasteiger partial charge on any atom is -0.396 e. The summed E-state index contributed by atoms with van der Waals surface area (Å²) < 4.78 is 0. The molecule has 3 rings (SSSR count). The molecular formula is C17H28N4O2. The second kappa shape index (κ2) is 6.61. The van der Waals surface area contributed by atoms with Crippen LogP contribution >= 0.6 is 0 Å². The average Bonchev–Trinajstić information content (AvgIpc) is 3.03. The molecule has 6 heteroatoms. The zero-order valence-electron chi connectivity index (χ0n) is 14.2. The molecule has 0 saturated carbocycles. The fourth-order valence-electron chi connectivity index (χ4n) is 4.23. The van der Waals surface area contributed by atoms with E-state index in [2.05, 4.69) is 29.1 Å². The highest BCUT2D eigenvalue weighted by Gasteiger charge is 2.47. The van der Waals surface area contributed by atoms with Gasteiger partial charge in [0.1, 0.15) is 5.69 Å². The Hall–Kier alpha value is -1.40. The molecule has 0 unspecified atom stereocenters. The van der Waals surface area contributed by atoms with Gasteiger partial charge in [0.15, 0.2) is 0 Å². The quantitative estimate of drug-likeness (QED) is 0.876. The number of carbonyl (C=O) groups excluding carboxylic acids is 1. The van der Waals surface area contributed by atoms with Gasteiger partial charge in [-0.1, -0.05) is 13.3 Å². The van der Waals surface area contributed by atoms with Crippen LogP contribution in [0.1, 0.15) is 48.8 Å². The Morgan fingerprint density at radius 3 is 3.04 bits per heavy atom. The molecule has 2 aliphatic heterocycles. The summed E-state index contributed by atoms with van der Waals surface area (Å²) in [6.45, 7) is 4.76. The van der Waals surface area contributed by atoms with Gasteiger partial charge in [-0.3, -0.25) is 9.89 Å². The summed E-state index contributed by atoms with van der Waals surface area (Å²) in [7, 11) is 2.11. The van der Waals surface area contributed by atoms with Crippen molar-refractivity contribution in [1.29, 1.82) is 0 Å². The number of likely N-dealkylation sites (N-methyl/N-ethyl adjacent to an activating group) is 1. The summed E-state index contributed by atoms with van der Waals surface area (Å²) in [6.07, 6.45) is 5.01. The van der Waals surface area contributed by atoms with Crippen LogP contribution in [0.2, 0.25) is 0 Å². The van der Waals surface area contributed by atoms with Crippen LogP contribution in [0.5, 0.6) is 0 Å². The zero-order chi connectivity index (χ0) is 16.4. The molecule has 2 N–H and O–H groups in total. The van der Waals surface area contributed by atoms with Crippen molar-refractivity contribution in [2.45, 2.75) is 45.1 Å². The Kier molecular flexibility index (Phi) is 4.73. The van der Waals surface area contributed by atoms with Gasteiger partial charge in [-0.2, -0.15) is 5.10 Å². The van der Waals surface area contributed by atoms with Gasteiger partial charge >= 0.3 is 0 Å². The molecular weight excluding hydrogens is 292 g/mol. The second-order valence-electron chi connectivity index (χ2n) is 7.15. The van der Waals surface area contributed by atoms with Crippen LogP contribution in [0.15, 0.2) is 6.07 Å². The first-order valence-electron chi connectivity index (χ1n) is 8.74. The van der Waals surface area contributed by atoms with E-state index in [9.17, 15) is 9.90 Å². The van der Waals surface area contributed by atoms with Crippen LogP contribution in [0, 0.1) is 5.41 Å². The number of rotatable bonds is 4. The molecule has 0 aromatic carbocycles. The first-order chi connectivity index (χ1) is 11.1.